The molecule has 1 aromatic carbocycles. The van der Waals surface area contributed by atoms with Gasteiger partial charge in [-0.25, -0.2) is 4.79 Å². The minimum atomic E-state index is -0.672. The number of benzene rings is 1. The second-order valence-electron chi connectivity index (χ2n) is 6.99. The molecule has 1 aromatic rings. The number of carbonyl (C=O) groups excluding carboxylic acids is 2. The minimum Gasteiger partial charge on any atom is -0.497 e. The monoisotopic (exact) mass is 366 g/mol. The van der Waals surface area contributed by atoms with E-state index in [0.717, 1.165) is 11.3 Å². The summed E-state index contributed by atoms with van der Waals surface area (Å²) in [5.74, 6) is 0.317. The summed E-state index contributed by atoms with van der Waals surface area (Å²) in [5, 5.41) is 2.67. The molecule has 0 aromatic heterocycles. The third kappa shape index (κ3) is 9.27. The van der Waals surface area contributed by atoms with Crippen LogP contribution in [0.4, 0.5) is 4.79 Å². The molecule has 0 saturated heterocycles. The molecule has 1 unspecified atom stereocenters. The zero-order chi connectivity index (χ0) is 19.6. The summed E-state index contributed by atoms with van der Waals surface area (Å²) in [6.07, 6.45) is 1.46. The number of hydrogen-bond donors (Lipinski definition) is 2. The first-order valence-electron chi connectivity index (χ1n) is 8.73. The van der Waals surface area contributed by atoms with Crippen LogP contribution in [-0.2, 0) is 20.9 Å². The van der Waals surface area contributed by atoms with Gasteiger partial charge in [0, 0.05) is 6.54 Å². The van der Waals surface area contributed by atoms with E-state index in [-0.39, 0.29) is 6.61 Å². The SMILES string of the molecule is COc1ccc(COC(=O)C(N)CCCCNC(=O)OC(C)(C)C)cc1. The van der Waals surface area contributed by atoms with Crippen molar-refractivity contribution in [3.05, 3.63) is 29.8 Å². The second-order valence-corrected chi connectivity index (χ2v) is 6.99. The Morgan fingerprint density at radius 1 is 1.15 bits per heavy atom. The van der Waals surface area contributed by atoms with Crippen LogP contribution in [0.25, 0.3) is 0 Å². The van der Waals surface area contributed by atoms with Gasteiger partial charge in [-0.2, -0.15) is 0 Å². The van der Waals surface area contributed by atoms with E-state index >= 15 is 0 Å². The molecule has 0 heterocycles. The lowest BCUT2D eigenvalue weighted by Crippen LogP contribution is -2.34. The molecule has 0 aliphatic heterocycles. The van der Waals surface area contributed by atoms with Crippen molar-refractivity contribution >= 4 is 12.1 Å². The van der Waals surface area contributed by atoms with Crippen molar-refractivity contribution in [2.75, 3.05) is 13.7 Å². The van der Waals surface area contributed by atoms with E-state index in [1.54, 1.807) is 19.2 Å². The van der Waals surface area contributed by atoms with E-state index in [9.17, 15) is 9.59 Å². The molecule has 0 spiro atoms. The van der Waals surface area contributed by atoms with Crippen molar-refractivity contribution in [1.29, 1.82) is 0 Å². The smallest absolute Gasteiger partial charge is 0.407 e. The Labute approximate surface area is 155 Å². The number of nitrogens with two attached hydrogens (primary N) is 1. The molecule has 1 amide bonds. The van der Waals surface area contributed by atoms with Crippen LogP contribution in [0, 0.1) is 0 Å². The van der Waals surface area contributed by atoms with Gasteiger partial charge in [0.2, 0.25) is 0 Å². The molecule has 7 nitrogen and oxygen atoms in total. The molecule has 1 rings (SSSR count). The molecular formula is C19H30N2O5. The fourth-order valence-electron chi connectivity index (χ4n) is 2.09. The van der Waals surface area contributed by atoms with Crippen molar-refractivity contribution in [2.45, 2.75) is 58.3 Å². The Kier molecular flexibility index (Phi) is 8.92. The third-order valence-corrected chi connectivity index (χ3v) is 3.45. The summed E-state index contributed by atoms with van der Waals surface area (Å²) in [4.78, 5) is 23.4. The zero-order valence-electron chi connectivity index (χ0n) is 16.0. The molecule has 146 valence electrons. The van der Waals surface area contributed by atoms with Crippen LogP contribution in [0.2, 0.25) is 0 Å². The van der Waals surface area contributed by atoms with E-state index in [1.807, 2.05) is 32.9 Å². The van der Waals surface area contributed by atoms with E-state index in [1.165, 1.54) is 0 Å². The van der Waals surface area contributed by atoms with Gasteiger partial charge in [0.15, 0.2) is 0 Å². The van der Waals surface area contributed by atoms with Gasteiger partial charge in [0.05, 0.1) is 7.11 Å². The van der Waals surface area contributed by atoms with Gasteiger partial charge in [0.1, 0.15) is 24.0 Å². The molecule has 7 heteroatoms. The van der Waals surface area contributed by atoms with Gasteiger partial charge >= 0.3 is 12.1 Å². The number of nitrogens with one attached hydrogen (secondary N) is 1. The lowest BCUT2D eigenvalue weighted by atomic mass is 10.1. The van der Waals surface area contributed by atoms with Crippen molar-refractivity contribution in [2.24, 2.45) is 5.73 Å². The third-order valence-electron chi connectivity index (χ3n) is 3.45. The van der Waals surface area contributed by atoms with E-state index in [0.29, 0.717) is 25.8 Å². The Balaban J connectivity index is 2.17. The number of ether oxygens (including phenoxy) is 3. The molecule has 0 fully saturated rings. The zero-order valence-corrected chi connectivity index (χ0v) is 16.0. The van der Waals surface area contributed by atoms with Crippen molar-refractivity contribution in [1.82, 2.24) is 5.32 Å². The molecular weight excluding hydrogens is 336 g/mol. The first-order chi connectivity index (χ1) is 12.2. The van der Waals surface area contributed by atoms with Gasteiger partial charge in [-0.05, 0) is 57.7 Å². The molecule has 1 atom stereocenters. The highest BCUT2D eigenvalue weighted by molar-refractivity contribution is 5.75. The van der Waals surface area contributed by atoms with Gasteiger partial charge in [-0.1, -0.05) is 12.1 Å². The van der Waals surface area contributed by atoms with Crippen LogP contribution >= 0.6 is 0 Å². The van der Waals surface area contributed by atoms with E-state index in [4.69, 9.17) is 19.9 Å². The molecule has 0 bridgehead atoms. The van der Waals surface area contributed by atoms with Crippen LogP contribution in [0.15, 0.2) is 24.3 Å². The molecule has 0 aliphatic rings. The summed E-state index contributed by atoms with van der Waals surface area (Å²) < 4.78 is 15.4. The maximum absolute atomic E-state index is 11.9. The van der Waals surface area contributed by atoms with Gasteiger partial charge in [0.25, 0.3) is 0 Å². The number of methoxy groups -OCH3 is 1. The van der Waals surface area contributed by atoms with E-state index in [2.05, 4.69) is 5.32 Å². The number of unbranched alkanes of at least 4 members (excludes halogenated alkanes) is 1. The number of alkyl carbamates (subject to hydrolysis) is 1. The standard InChI is InChI=1S/C19H30N2O5/c1-19(2,3)26-18(23)21-12-6-5-7-16(20)17(22)25-13-14-8-10-15(24-4)11-9-14/h8-11,16H,5-7,12-13,20H2,1-4H3,(H,21,23). The molecule has 0 radical (unpaired) electrons. The number of hydrogen-bond acceptors (Lipinski definition) is 6. The Morgan fingerprint density at radius 2 is 1.81 bits per heavy atom. The first-order valence-corrected chi connectivity index (χ1v) is 8.73. The van der Waals surface area contributed by atoms with Crippen molar-refractivity contribution < 1.29 is 23.8 Å². The Bertz CT molecular complexity index is 566. The fourth-order valence-corrected chi connectivity index (χ4v) is 2.09. The normalized spacial score (nSPS) is 12.2. The lowest BCUT2D eigenvalue weighted by molar-refractivity contribution is -0.146. The highest BCUT2D eigenvalue weighted by Gasteiger charge is 2.16. The molecule has 0 aliphatic carbocycles. The maximum atomic E-state index is 11.9. The van der Waals surface area contributed by atoms with Crippen LogP contribution in [0.1, 0.15) is 45.6 Å². The van der Waals surface area contributed by atoms with Crippen LogP contribution in [0.5, 0.6) is 5.75 Å². The summed E-state index contributed by atoms with van der Waals surface area (Å²) in [5.41, 5.74) is 6.20. The molecule has 3 N–H and O–H groups in total. The predicted octanol–water partition coefficient (Wildman–Crippen LogP) is 2.76. The average Bonchev–Trinajstić information content (AvgIpc) is 2.58. The number of amides is 1. The number of rotatable bonds is 9. The van der Waals surface area contributed by atoms with Crippen molar-refractivity contribution in [3.63, 3.8) is 0 Å². The highest BCUT2D eigenvalue weighted by Crippen LogP contribution is 2.12. The Hall–Kier alpha value is -2.28. The molecule has 0 saturated carbocycles. The van der Waals surface area contributed by atoms with Gasteiger partial charge in [-0.3, -0.25) is 4.79 Å². The van der Waals surface area contributed by atoms with Gasteiger partial charge in [-0.15, -0.1) is 0 Å². The quantitative estimate of drug-likeness (QED) is 0.515. The fraction of sp³-hybridized carbons (Fsp3) is 0.579. The minimum absolute atomic E-state index is 0.177. The summed E-state index contributed by atoms with van der Waals surface area (Å²) in [6.45, 7) is 6.08. The lowest BCUT2D eigenvalue weighted by Gasteiger charge is -2.19. The second kappa shape index (κ2) is 10.7. The summed E-state index contributed by atoms with van der Waals surface area (Å²) in [7, 11) is 1.59. The topological polar surface area (TPSA) is 99.9 Å². The van der Waals surface area contributed by atoms with Crippen LogP contribution in [0.3, 0.4) is 0 Å². The highest BCUT2D eigenvalue weighted by atomic mass is 16.6. The maximum Gasteiger partial charge on any atom is 0.407 e. The van der Waals surface area contributed by atoms with Gasteiger partial charge < -0.3 is 25.3 Å². The van der Waals surface area contributed by atoms with Crippen LogP contribution < -0.4 is 15.8 Å². The average molecular weight is 366 g/mol. The predicted molar refractivity (Wildman–Crippen MR) is 98.9 cm³/mol. The molecule has 26 heavy (non-hydrogen) atoms. The number of carbonyl (C=O) groups is 2. The summed E-state index contributed by atoms with van der Waals surface area (Å²) >= 11 is 0. The largest absolute Gasteiger partial charge is 0.497 e. The van der Waals surface area contributed by atoms with E-state index < -0.39 is 23.7 Å². The van der Waals surface area contributed by atoms with Crippen molar-refractivity contribution in [3.8, 4) is 5.75 Å². The summed E-state index contributed by atoms with van der Waals surface area (Å²) in [6, 6.07) is 6.61. The van der Waals surface area contributed by atoms with Crippen LogP contribution in [-0.4, -0.2) is 37.4 Å². The first kappa shape index (κ1) is 21.8. The Morgan fingerprint density at radius 3 is 2.38 bits per heavy atom. The number of esters is 1.